The van der Waals surface area contributed by atoms with E-state index in [4.69, 9.17) is 21.4 Å². The number of primary amides is 2. The van der Waals surface area contributed by atoms with E-state index in [9.17, 15) is 14.4 Å². The van der Waals surface area contributed by atoms with Crippen molar-refractivity contribution < 1.29 is 14.4 Å². The van der Waals surface area contributed by atoms with E-state index in [1.54, 1.807) is 28.9 Å². The zero-order chi connectivity index (χ0) is 36.8. The van der Waals surface area contributed by atoms with Crippen LogP contribution in [-0.2, 0) is 26.2 Å². The molecule has 0 aliphatic heterocycles. The van der Waals surface area contributed by atoms with Gasteiger partial charge in [-0.25, -0.2) is 9.97 Å². The Kier molecular flexibility index (Phi) is 8.66. The predicted octanol–water partition coefficient (Wildman–Crippen LogP) is 5.27. The Morgan fingerprint density at radius 2 is 1.44 bits per heavy atom. The summed E-state index contributed by atoms with van der Waals surface area (Å²) in [4.78, 5) is 47.6. The molecule has 14 nitrogen and oxygen atoms in total. The number of amides is 3. The second kappa shape index (κ2) is 13.3. The van der Waals surface area contributed by atoms with Crippen LogP contribution in [0.4, 0.5) is 5.95 Å². The minimum Gasteiger partial charge on any atom is -0.366 e. The molecule has 264 valence electrons. The predicted molar refractivity (Wildman–Crippen MR) is 200 cm³/mol. The minimum atomic E-state index is -0.562. The summed E-state index contributed by atoms with van der Waals surface area (Å²) in [6.07, 6.45) is 4.02. The van der Waals surface area contributed by atoms with E-state index < -0.39 is 11.8 Å². The molecular weight excluding hydrogens is 658 g/mol. The zero-order valence-corrected chi connectivity index (χ0v) is 29.6. The molecule has 2 aromatic carbocycles. The summed E-state index contributed by atoms with van der Waals surface area (Å²) in [5.41, 5.74) is 19.5. The van der Waals surface area contributed by atoms with Crippen LogP contribution in [0.15, 0.2) is 66.7 Å². The Labute approximate surface area is 298 Å². The first-order chi connectivity index (χ1) is 25.0. The highest BCUT2D eigenvalue weighted by Gasteiger charge is 2.21. The number of nitrogens with two attached hydrogens (primary N) is 2. The molecule has 5 heterocycles. The molecule has 0 radical (unpaired) electrons. The molecule has 7 rings (SSSR count). The molecule has 0 fully saturated rings. The lowest BCUT2D eigenvalue weighted by molar-refractivity contribution is 0.0992. The summed E-state index contributed by atoms with van der Waals surface area (Å²) in [6.45, 7) is 11.7. The van der Waals surface area contributed by atoms with E-state index in [2.05, 4.69) is 20.1 Å². The Morgan fingerprint density at radius 3 is 2.15 bits per heavy atom. The number of hydrogen-bond acceptors (Lipinski definition) is 7. The first-order valence-electron chi connectivity index (χ1n) is 17.1. The van der Waals surface area contributed by atoms with Gasteiger partial charge in [0.25, 0.3) is 5.91 Å². The third-order valence-corrected chi connectivity index (χ3v) is 9.18. The van der Waals surface area contributed by atoms with Gasteiger partial charge in [-0.1, -0.05) is 12.2 Å². The van der Waals surface area contributed by atoms with E-state index >= 15 is 0 Å². The van der Waals surface area contributed by atoms with Gasteiger partial charge in [0.1, 0.15) is 11.3 Å². The van der Waals surface area contributed by atoms with Crippen LogP contribution in [0.2, 0.25) is 0 Å². The third-order valence-electron chi connectivity index (χ3n) is 9.18. The number of nitrogens with zero attached hydrogens (tertiary/aromatic N) is 8. The number of benzene rings is 2. The molecule has 0 unspecified atom stereocenters. The van der Waals surface area contributed by atoms with Crippen molar-refractivity contribution in [1.82, 2.24) is 38.7 Å². The van der Waals surface area contributed by atoms with Gasteiger partial charge in [-0.2, -0.15) is 10.2 Å². The largest absolute Gasteiger partial charge is 0.366 e. The lowest BCUT2D eigenvalue weighted by Crippen LogP contribution is -2.20. The van der Waals surface area contributed by atoms with Crippen molar-refractivity contribution >= 4 is 56.6 Å². The minimum absolute atomic E-state index is 0.320. The van der Waals surface area contributed by atoms with Crippen molar-refractivity contribution in [3.63, 3.8) is 0 Å². The number of carbonyl (C=O) groups is 3. The van der Waals surface area contributed by atoms with Crippen LogP contribution in [0.3, 0.4) is 0 Å². The number of anilines is 1. The number of rotatable bonds is 11. The maximum Gasteiger partial charge on any atom is 0.276 e. The van der Waals surface area contributed by atoms with E-state index in [-0.39, 0.29) is 5.91 Å². The van der Waals surface area contributed by atoms with Gasteiger partial charge in [-0.15, -0.1) is 0 Å². The molecule has 14 heteroatoms. The fraction of sp³-hybridized carbons (Fsp3) is 0.237. The summed E-state index contributed by atoms with van der Waals surface area (Å²) < 4.78 is 7.57. The monoisotopic (exact) mass is 697 g/mol. The lowest BCUT2D eigenvalue weighted by Gasteiger charge is -2.11. The first-order valence-corrected chi connectivity index (χ1v) is 17.1. The van der Waals surface area contributed by atoms with Gasteiger partial charge in [-0.05, 0) is 94.8 Å². The van der Waals surface area contributed by atoms with Crippen LogP contribution in [0.1, 0.15) is 62.0 Å². The van der Waals surface area contributed by atoms with Crippen molar-refractivity contribution in [3.05, 3.63) is 101 Å². The van der Waals surface area contributed by atoms with Crippen molar-refractivity contribution in [3.8, 4) is 11.4 Å². The van der Waals surface area contributed by atoms with Crippen LogP contribution in [0, 0.1) is 20.8 Å². The fourth-order valence-corrected chi connectivity index (χ4v) is 6.83. The smallest absolute Gasteiger partial charge is 0.276 e. The lowest BCUT2D eigenvalue weighted by atomic mass is 10.1. The Hall–Kier alpha value is -6.57. The number of pyridine rings is 1. The summed E-state index contributed by atoms with van der Waals surface area (Å²) in [6, 6.07) is 16.5. The fourth-order valence-electron chi connectivity index (χ4n) is 6.83. The Bertz CT molecular complexity index is 2600. The van der Waals surface area contributed by atoms with Crippen molar-refractivity contribution in [2.75, 3.05) is 5.32 Å². The number of nitrogens with one attached hydrogen (secondary N) is 1. The van der Waals surface area contributed by atoms with E-state index in [0.29, 0.717) is 54.5 Å². The van der Waals surface area contributed by atoms with Crippen LogP contribution in [0.5, 0.6) is 0 Å². The van der Waals surface area contributed by atoms with Gasteiger partial charge in [-0.3, -0.25) is 29.1 Å². The standard InChI is InChI=1S/C38H39N11O3/c1-6-48-31(17-22(4)44-48)28-12-11-26-27-19-24(34(39)50)10-13-30(27)46(36(26)41-28)14-8-9-15-47-33-21(3)16-25(35(40)51)20-29(33)42-38(47)43-37(52)32-18-23(5)45-49(32)7-2/h8-13,16-20H,6-7,14-15H2,1-5H3,(H2,39,50)(H2,40,51)(H,42,43,52)/b9-8+. The molecule has 5 aromatic heterocycles. The molecule has 5 N–H and O–H groups in total. The molecule has 0 bridgehead atoms. The topological polar surface area (TPSA) is 187 Å². The highest BCUT2D eigenvalue weighted by Crippen LogP contribution is 2.32. The van der Waals surface area contributed by atoms with Crippen LogP contribution in [0.25, 0.3) is 44.4 Å². The van der Waals surface area contributed by atoms with Crippen molar-refractivity contribution in [2.45, 2.75) is 60.8 Å². The molecular formula is C38H39N11O3. The van der Waals surface area contributed by atoms with Crippen LogP contribution >= 0.6 is 0 Å². The van der Waals surface area contributed by atoms with Crippen LogP contribution in [-0.4, -0.2) is 56.4 Å². The van der Waals surface area contributed by atoms with Crippen molar-refractivity contribution in [2.24, 2.45) is 11.5 Å². The molecule has 7 aromatic rings. The number of fused-ring (bicyclic) bond motifs is 4. The average Bonchev–Trinajstić information content (AvgIpc) is 3.87. The average molecular weight is 698 g/mol. The second-order valence-corrected chi connectivity index (χ2v) is 12.7. The van der Waals surface area contributed by atoms with E-state index in [0.717, 1.165) is 55.8 Å². The van der Waals surface area contributed by atoms with E-state index in [1.807, 2.05) is 86.4 Å². The quantitative estimate of drug-likeness (QED) is 0.154. The number of aryl methyl sites for hydroxylation is 5. The molecule has 0 saturated heterocycles. The summed E-state index contributed by atoms with van der Waals surface area (Å²) in [5, 5.41) is 13.7. The molecule has 0 spiro atoms. The van der Waals surface area contributed by atoms with Gasteiger partial charge >= 0.3 is 0 Å². The van der Waals surface area contributed by atoms with E-state index in [1.165, 1.54) is 0 Å². The number of allylic oxidation sites excluding steroid dienone is 2. The van der Waals surface area contributed by atoms with Gasteiger partial charge in [0, 0.05) is 48.1 Å². The molecule has 0 aliphatic carbocycles. The molecule has 0 saturated carbocycles. The maximum absolute atomic E-state index is 13.5. The summed E-state index contributed by atoms with van der Waals surface area (Å²) in [7, 11) is 0. The third kappa shape index (κ3) is 5.97. The first kappa shape index (κ1) is 33.9. The van der Waals surface area contributed by atoms with Gasteiger partial charge in [0.2, 0.25) is 17.8 Å². The Morgan fingerprint density at radius 1 is 0.750 bits per heavy atom. The molecule has 0 atom stereocenters. The Balaban J connectivity index is 1.28. The second-order valence-electron chi connectivity index (χ2n) is 12.7. The van der Waals surface area contributed by atoms with Crippen molar-refractivity contribution in [1.29, 1.82) is 0 Å². The molecule has 52 heavy (non-hydrogen) atoms. The highest BCUT2D eigenvalue weighted by atomic mass is 16.2. The maximum atomic E-state index is 13.5. The number of aromatic nitrogens is 8. The van der Waals surface area contributed by atoms with Crippen LogP contribution < -0.4 is 16.8 Å². The van der Waals surface area contributed by atoms with Gasteiger partial charge in [0.15, 0.2) is 0 Å². The van der Waals surface area contributed by atoms with Gasteiger partial charge < -0.3 is 20.6 Å². The zero-order valence-electron chi connectivity index (χ0n) is 29.6. The number of carbonyl (C=O) groups excluding carboxylic acids is 3. The molecule has 3 amide bonds. The summed E-state index contributed by atoms with van der Waals surface area (Å²) in [5.74, 6) is -1.09. The summed E-state index contributed by atoms with van der Waals surface area (Å²) >= 11 is 0. The molecule has 0 aliphatic rings. The number of hydrogen-bond donors (Lipinski definition) is 3. The van der Waals surface area contributed by atoms with Gasteiger partial charge in [0.05, 0.1) is 39.3 Å². The highest BCUT2D eigenvalue weighted by molar-refractivity contribution is 6.10. The normalized spacial score (nSPS) is 11.8. The SMILES string of the molecule is CCn1nc(C)cc1C(=O)Nc1nc2cc(C(N)=O)cc(C)c2n1C/C=C/Cn1c2ccc(C(N)=O)cc2c2ccc(-c3cc(C)nn3CC)nc21. The number of imidazole rings is 1.